The quantitative estimate of drug-likeness (QED) is 0.560. The van der Waals surface area contributed by atoms with Crippen molar-refractivity contribution < 1.29 is 38.3 Å². The van der Waals surface area contributed by atoms with Gasteiger partial charge >= 0.3 is 0 Å². The van der Waals surface area contributed by atoms with Crippen LogP contribution in [-0.2, 0) is 17.6 Å². The molecule has 3 aliphatic rings. The number of carbonyl (C=O) groups is 1. The highest BCUT2D eigenvalue weighted by molar-refractivity contribution is 5.87. The van der Waals surface area contributed by atoms with Crippen molar-refractivity contribution in [1.29, 1.82) is 0 Å². The van der Waals surface area contributed by atoms with E-state index in [0.29, 0.717) is 52.9 Å². The number of carbonyl (C=O) groups excluding carboxylic acids is 1. The van der Waals surface area contributed by atoms with Crippen LogP contribution in [0.2, 0.25) is 0 Å². The molecule has 5 rings (SSSR count). The lowest BCUT2D eigenvalue weighted by Crippen LogP contribution is -2.66. The molecule has 1 saturated heterocycles. The van der Waals surface area contributed by atoms with Crippen molar-refractivity contribution in [3.05, 3.63) is 33.4 Å². The molecular weight excluding hydrogens is 492 g/mol. The van der Waals surface area contributed by atoms with Crippen molar-refractivity contribution in [2.45, 2.75) is 50.9 Å². The third-order valence-corrected chi connectivity index (χ3v) is 8.34. The zero-order chi connectivity index (χ0) is 27.5. The first kappa shape index (κ1) is 26.2. The van der Waals surface area contributed by atoms with Crippen LogP contribution >= 0.6 is 0 Å². The van der Waals surface area contributed by atoms with Crippen LogP contribution in [0, 0.1) is 13.8 Å². The SMILES string of the molecule is COc1c(C)c(OC)c(OC)c2c1C[C@@H]1N[C@H]2[C@@H]2Cc3c(OC)c(C)c(OC)c(OC)c3[C@H](CO)N2C1=O. The van der Waals surface area contributed by atoms with Crippen molar-refractivity contribution in [2.24, 2.45) is 0 Å². The van der Waals surface area contributed by atoms with Gasteiger partial charge in [-0.05, 0) is 20.3 Å². The molecule has 0 spiro atoms. The number of aliphatic hydroxyl groups is 1. The van der Waals surface area contributed by atoms with Crippen molar-refractivity contribution in [2.75, 3.05) is 49.3 Å². The van der Waals surface area contributed by atoms with Crippen molar-refractivity contribution in [3.63, 3.8) is 0 Å². The summed E-state index contributed by atoms with van der Waals surface area (Å²) in [5, 5.41) is 14.3. The van der Waals surface area contributed by atoms with Gasteiger partial charge in [0.15, 0.2) is 23.0 Å². The molecular formula is C28H36N2O8. The summed E-state index contributed by atoms with van der Waals surface area (Å²) in [7, 11) is 9.62. The molecule has 206 valence electrons. The molecule has 0 radical (unpaired) electrons. The standard InChI is InChI=1S/C28H36N2O8/c1-12-22(33-3)14-9-16-28(32)30-17(21(29-16)20(14)27(38-8)25(12)36-6)10-15-19(18(30)11-31)26(37-7)24(35-5)13(2)23(15)34-4/h16-18,21,29,31H,9-11H2,1-8H3/t16-,17-,18-,21-/m0/s1. The molecule has 1 amide bonds. The highest BCUT2D eigenvalue weighted by atomic mass is 16.5. The van der Waals surface area contributed by atoms with E-state index in [1.165, 1.54) is 0 Å². The first-order chi connectivity index (χ1) is 18.3. The number of fused-ring (bicyclic) bond motifs is 7. The molecule has 2 bridgehead atoms. The second-order valence-electron chi connectivity index (χ2n) is 9.85. The lowest BCUT2D eigenvalue weighted by atomic mass is 9.74. The molecule has 10 heteroatoms. The van der Waals surface area contributed by atoms with Crippen LogP contribution in [0.1, 0.15) is 45.5 Å². The van der Waals surface area contributed by atoms with Gasteiger partial charge in [0.1, 0.15) is 11.5 Å². The molecule has 2 aromatic rings. The summed E-state index contributed by atoms with van der Waals surface area (Å²) in [6.07, 6.45) is 0.883. The van der Waals surface area contributed by atoms with Crippen molar-refractivity contribution in [1.82, 2.24) is 10.2 Å². The highest BCUT2D eigenvalue weighted by Gasteiger charge is 2.54. The average molecular weight is 529 g/mol. The molecule has 0 saturated carbocycles. The Hall–Kier alpha value is -3.37. The zero-order valence-electron chi connectivity index (χ0n) is 23.2. The second kappa shape index (κ2) is 9.74. The van der Waals surface area contributed by atoms with Gasteiger partial charge in [-0.15, -0.1) is 0 Å². The monoisotopic (exact) mass is 528 g/mol. The maximum atomic E-state index is 14.0. The Morgan fingerprint density at radius 2 is 1.21 bits per heavy atom. The van der Waals surface area contributed by atoms with Gasteiger partial charge in [0.05, 0.1) is 73.4 Å². The Kier molecular flexibility index (Phi) is 6.73. The fraction of sp³-hybridized carbons (Fsp3) is 0.536. The molecule has 3 heterocycles. The van der Waals surface area contributed by atoms with Gasteiger partial charge in [-0.1, -0.05) is 0 Å². The first-order valence-electron chi connectivity index (χ1n) is 12.6. The minimum absolute atomic E-state index is 0.0864. The van der Waals surface area contributed by atoms with Crippen molar-refractivity contribution >= 4 is 5.91 Å². The number of ether oxygens (including phenoxy) is 6. The average Bonchev–Trinajstić information content (AvgIpc) is 2.93. The minimum atomic E-state index is -0.650. The number of hydrogen-bond donors (Lipinski definition) is 2. The number of piperazine rings is 1. The third-order valence-electron chi connectivity index (χ3n) is 8.34. The van der Waals surface area contributed by atoms with Crippen LogP contribution in [0.15, 0.2) is 0 Å². The lowest BCUT2D eigenvalue weighted by molar-refractivity contribution is -0.147. The van der Waals surface area contributed by atoms with E-state index in [-0.39, 0.29) is 24.6 Å². The number of rotatable bonds is 7. The number of amides is 1. The fourth-order valence-corrected chi connectivity index (χ4v) is 6.96. The Bertz CT molecular complexity index is 1290. The number of benzene rings is 2. The Labute approximate surface area is 222 Å². The molecule has 0 aliphatic carbocycles. The van der Waals surface area contributed by atoms with Gasteiger partial charge in [0.2, 0.25) is 5.91 Å². The number of nitrogens with zero attached hydrogens (tertiary/aromatic N) is 1. The van der Waals surface area contributed by atoms with Gasteiger partial charge in [-0.3, -0.25) is 10.1 Å². The van der Waals surface area contributed by atoms with Gasteiger partial charge in [0.25, 0.3) is 0 Å². The molecule has 2 N–H and O–H groups in total. The fourth-order valence-electron chi connectivity index (χ4n) is 6.96. The summed E-state index contributed by atoms with van der Waals surface area (Å²) >= 11 is 0. The first-order valence-corrected chi connectivity index (χ1v) is 12.6. The zero-order valence-corrected chi connectivity index (χ0v) is 23.2. The maximum Gasteiger partial charge on any atom is 0.240 e. The van der Waals surface area contributed by atoms with E-state index in [2.05, 4.69) is 5.32 Å². The minimum Gasteiger partial charge on any atom is -0.496 e. The Morgan fingerprint density at radius 3 is 1.68 bits per heavy atom. The van der Waals surface area contributed by atoms with Crippen LogP contribution in [0.25, 0.3) is 0 Å². The summed E-state index contributed by atoms with van der Waals surface area (Å²) in [6.45, 7) is 3.56. The van der Waals surface area contributed by atoms with Crippen LogP contribution < -0.4 is 33.7 Å². The molecule has 2 aromatic carbocycles. The summed E-state index contributed by atoms with van der Waals surface area (Å²) in [5.41, 5.74) is 5.06. The molecule has 3 aliphatic heterocycles. The molecule has 38 heavy (non-hydrogen) atoms. The van der Waals surface area contributed by atoms with E-state index in [1.54, 1.807) is 42.7 Å². The predicted octanol–water partition coefficient (Wildman–Crippen LogP) is 2.41. The molecule has 10 nitrogen and oxygen atoms in total. The van der Waals surface area contributed by atoms with Crippen LogP contribution in [0.3, 0.4) is 0 Å². The van der Waals surface area contributed by atoms with Gasteiger partial charge in [-0.2, -0.15) is 0 Å². The molecule has 4 atom stereocenters. The number of hydrogen-bond acceptors (Lipinski definition) is 9. The number of methoxy groups -OCH3 is 6. The maximum absolute atomic E-state index is 14.0. The van der Waals surface area contributed by atoms with Crippen LogP contribution in [0.4, 0.5) is 0 Å². The molecule has 0 aromatic heterocycles. The van der Waals surface area contributed by atoms with Gasteiger partial charge < -0.3 is 38.4 Å². The van der Waals surface area contributed by atoms with Crippen LogP contribution in [-0.4, -0.2) is 77.3 Å². The summed E-state index contributed by atoms with van der Waals surface area (Å²) in [4.78, 5) is 15.9. The summed E-state index contributed by atoms with van der Waals surface area (Å²) < 4.78 is 35.0. The molecule has 0 unspecified atom stereocenters. The smallest absolute Gasteiger partial charge is 0.240 e. The Morgan fingerprint density at radius 1 is 0.737 bits per heavy atom. The van der Waals surface area contributed by atoms with E-state index in [1.807, 2.05) is 18.7 Å². The number of nitrogens with one attached hydrogen (secondary N) is 1. The van der Waals surface area contributed by atoms with E-state index >= 15 is 0 Å². The van der Waals surface area contributed by atoms with Gasteiger partial charge in [-0.25, -0.2) is 0 Å². The summed E-state index contributed by atoms with van der Waals surface area (Å²) in [5.74, 6) is 3.52. The lowest BCUT2D eigenvalue weighted by Gasteiger charge is -2.54. The molecule has 1 fully saturated rings. The van der Waals surface area contributed by atoms with Crippen LogP contribution in [0.5, 0.6) is 34.5 Å². The predicted molar refractivity (Wildman–Crippen MR) is 139 cm³/mol. The third kappa shape index (κ3) is 3.36. The van der Waals surface area contributed by atoms with E-state index in [0.717, 1.165) is 27.8 Å². The number of aliphatic hydroxyl groups excluding tert-OH is 1. The summed E-state index contributed by atoms with van der Waals surface area (Å²) in [6, 6.07) is -1.80. The largest absolute Gasteiger partial charge is 0.496 e. The topological polar surface area (TPSA) is 108 Å². The Balaban J connectivity index is 1.79. The highest BCUT2D eigenvalue weighted by Crippen LogP contribution is 2.56. The van der Waals surface area contributed by atoms with E-state index in [4.69, 9.17) is 28.4 Å². The van der Waals surface area contributed by atoms with E-state index in [9.17, 15) is 9.90 Å². The van der Waals surface area contributed by atoms with Gasteiger partial charge in [0, 0.05) is 39.8 Å². The van der Waals surface area contributed by atoms with Crippen molar-refractivity contribution in [3.8, 4) is 34.5 Å². The van der Waals surface area contributed by atoms with E-state index < -0.39 is 12.1 Å². The normalized spacial score (nSPS) is 23.2. The second-order valence-corrected chi connectivity index (χ2v) is 9.85.